The second-order valence-corrected chi connectivity index (χ2v) is 7.03. The molecule has 0 bridgehead atoms. The van der Waals surface area contributed by atoms with Crippen LogP contribution in [0.1, 0.15) is 49.9 Å². The maximum atomic E-state index is 13.0. The van der Waals surface area contributed by atoms with Gasteiger partial charge >= 0.3 is 0 Å². The van der Waals surface area contributed by atoms with Crippen molar-refractivity contribution in [3.63, 3.8) is 0 Å². The van der Waals surface area contributed by atoms with E-state index in [1.54, 1.807) is 0 Å². The molecule has 0 radical (unpaired) electrons. The van der Waals surface area contributed by atoms with Crippen LogP contribution in [-0.2, 0) is 4.79 Å². The molecule has 5 nitrogen and oxygen atoms in total. The SMILES string of the molecule is CCCC[C@@H](C)C(=O)Nc1ccccc1C(=O)N1CCCN(C)CC1. The van der Waals surface area contributed by atoms with Gasteiger partial charge in [-0.25, -0.2) is 0 Å². The molecule has 138 valence electrons. The first-order chi connectivity index (χ1) is 12.0. The summed E-state index contributed by atoms with van der Waals surface area (Å²) in [7, 11) is 2.08. The van der Waals surface area contributed by atoms with Crippen molar-refractivity contribution in [3.05, 3.63) is 29.8 Å². The topological polar surface area (TPSA) is 52.7 Å². The number of para-hydroxylation sites is 1. The molecule has 1 N–H and O–H groups in total. The lowest BCUT2D eigenvalue weighted by Gasteiger charge is -2.22. The Kier molecular flexibility index (Phi) is 7.44. The minimum absolute atomic E-state index is 0.00686. The molecule has 25 heavy (non-hydrogen) atoms. The second-order valence-electron chi connectivity index (χ2n) is 7.03. The van der Waals surface area contributed by atoms with E-state index in [2.05, 4.69) is 24.2 Å². The Labute approximate surface area is 151 Å². The first-order valence-corrected chi connectivity index (χ1v) is 9.40. The molecule has 0 unspecified atom stereocenters. The quantitative estimate of drug-likeness (QED) is 0.861. The monoisotopic (exact) mass is 345 g/mol. The van der Waals surface area contributed by atoms with E-state index in [0.717, 1.165) is 51.9 Å². The molecule has 1 aliphatic heterocycles. The van der Waals surface area contributed by atoms with Gasteiger partial charge in [-0.3, -0.25) is 9.59 Å². The Morgan fingerprint density at radius 2 is 1.92 bits per heavy atom. The Morgan fingerprint density at radius 1 is 1.16 bits per heavy atom. The summed E-state index contributed by atoms with van der Waals surface area (Å²) in [5.74, 6) is -0.0494. The molecule has 5 heteroatoms. The van der Waals surface area contributed by atoms with Crippen LogP contribution < -0.4 is 5.32 Å². The number of hydrogen-bond acceptors (Lipinski definition) is 3. The van der Waals surface area contributed by atoms with Gasteiger partial charge in [-0.15, -0.1) is 0 Å². The van der Waals surface area contributed by atoms with E-state index >= 15 is 0 Å². The number of carbonyl (C=O) groups is 2. The van der Waals surface area contributed by atoms with E-state index in [-0.39, 0.29) is 17.7 Å². The van der Waals surface area contributed by atoms with Gasteiger partial charge in [0, 0.05) is 25.6 Å². The van der Waals surface area contributed by atoms with Crippen molar-refractivity contribution in [1.29, 1.82) is 0 Å². The fraction of sp³-hybridized carbons (Fsp3) is 0.600. The van der Waals surface area contributed by atoms with E-state index in [4.69, 9.17) is 0 Å². The highest BCUT2D eigenvalue weighted by Crippen LogP contribution is 2.20. The lowest BCUT2D eigenvalue weighted by molar-refractivity contribution is -0.119. The van der Waals surface area contributed by atoms with Crippen LogP contribution in [0.2, 0.25) is 0 Å². The number of benzene rings is 1. The van der Waals surface area contributed by atoms with Crippen molar-refractivity contribution in [3.8, 4) is 0 Å². The summed E-state index contributed by atoms with van der Waals surface area (Å²) < 4.78 is 0. The van der Waals surface area contributed by atoms with Crippen LogP contribution in [0.15, 0.2) is 24.3 Å². The van der Waals surface area contributed by atoms with Crippen LogP contribution in [0.4, 0.5) is 5.69 Å². The molecule has 1 atom stereocenters. The molecule has 1 aromatic rings. The molecule has 1 aromatic carbocycles. The number of carbonyl (C=O) groups excluding carboxylic acids is 2. The summed E-state index contributed by atoms with van der Waals surface area (Å²) in [6.07, 6.45) is 3.97. The molecule has 2 amide bonds. The zero-order valence-corrected chi connectivity index (χ0v) is 15.8. The normalized spacial score (nSPS) is 17.0. The standard InChI is InChI=1S/C20H31N3O2/c1-4-5-9-16(2)19(24)21-18-11-7-6-10-17(18)20(25)23-13-8-12-22(3)14-15-23/h6-7,10-11,16H,4-5,8-9,12-15H2,1-3H3,(H,21,24)/t16-/m1/s1. The summed E-state index contributed by atoms with van der Waals surface area (Å²) in [6, 6.07) is 7.34. The molecular weight excluding hydrogens is 314 g/mol. The van der Waals surface area contributed by atoms with Crippen molar-refractivity contribution in [2.75, 3.05) is 38.5 Å². The van der Waals surface area contributed by atoms with E-state index in [9.17, 15) is 9.59 Å². The van der Waals surface area contributed by atoms with Crippen molar-refractivity contribution in [1.82, 2.24) is 9.80 Å². The molecule has 0 saturated carbocycles. The van der Waals surface area contributed by atoms with Crippen LogP contribution in [0.3, 0.4) is 0 Å². The first kappa shape index (κ1) is 19.4. The summed E-state index contributed by atoms with van der Waals surface area (Å²) in [6.45, 7) is 7.45. The summed E-state index contributed by atoms with van der Waals surface area (Å²) in [4.78, 5) is 29.5. The van der Waals surface area contributed by atoms with Crippen LogP contribution >= 0.6 is 0 Å². The van der Waals surface area contributed by atoms with Crippen LogP contribution in [-0.4, -0.2) is 54.8 Å². The summed E-state index contributed by atoms with van der Waals surface area (Å²) in [5, 5.41) is 2.97. The minimum atomic E-state index is -0.0463. The van der Waals surface area contributed by atoms with E-state index < -0.39 is 0 Å². The number of nitrogens with one attached hydrogen (secondary N) is 1. The molecule has 1 heterocycles. The average molecular weight is 345 g/mol. The number of anilines is 1. The lowest BCUT2D eigenvalue weighted by Crippen LogP contribution is -2.35. The Morgan fingerprint density at radius 3 is 2.68 bits per heavy atom. The zero-order chi connectivity index (χ0) is 18.2. The van der Waals surface area contributed by atoms with Gasteiger partial charge in [0.1, 0.15) is 0 Å². The highest BCUT2D eigenvalue weighted by molar-refractivity contribution is 6.04. The molecule has 0 aliphatic carbocycles. The van der Waals surface area contributed by atoms with E-state index in [0.29, 0.717) is 11.3 Å². The van der Waals surface area contributed by atoms with Crippen molar-refractivity contribution < 1.29 is 9.59 Å². The number of amides is 2. The zero-order valence-electron chi connectivity index (χ0n) is 15.8. The van der Waals surface area contributed by atoms with Gasteiger partial charge in [0.15, 0.2) is 0 Å². The Balaban J connectivity index is 2.09. The number of nitrogens with zero attached hydrogens (tertiary/aromatic N) is 2. The fourth-order valence-corrected chi connectivity index (χ4v) is 3.10. The Bertz CT molecular complexity index is 588. The highest BCUT2D eigenvalue weighted by Gasteiger charge is 2.22. The Hall–Kier alpha value is -1.88. The molecule has 1 aliphatic rings. The summed E-state index contributed by atoms with van der Waals surface area (Å²) >= 11 is 0. The maximum absolute atomic E-state index is 13.0. The third kappa shape index (κ3) is 5.56. The van der Waals surface area contributed by atoms with Gasteiger partial charge in [0.2, 0.25) is 5.91 Å². The van der Waals surface area contributed by atoms with Crippen LogP contribution in [0.5, 0.6) is 0 Å². The third-order valence-corrected chi connectivity index (χ3v) is 4.86. The largest absolute Gasteiger partial charge is 0.337 e. The predicted molar refractivity (Wildman–Crippen MR) is 102 cm³/mol. The van der Waals surface area contributed by atoms with Crippen LogP contribution in [0.25, 0.3) is 0 Å². The summed E-state index contributed by atoms with van der Waals surface area (Å²) in [5.41, 5.74) is 1.21. The van der Waals surface area contributed by atoms with Gasteiger partial charge in [-0.2, -0.15) is 0 Å². The fourth-order valence-electron chi connectivity index (χ4n) is 3.10. The number of unbranched alkanes of at least 4 members (excludes halogenated alkanes) is 1. The number of rotatable bonds is 6. The smallest absolute Gasteiger partial charge is 0.256 e. The van der Waals surface area contributed by atoms with Gasteiger partial charge < -0.3 is 15.1 Å². The molecule has 1 saturated heterocycles. The number of hydrogen-bond donors (Lipinski definition) is 1. The highest BCUT2D eigenvalue weighted by atomic mass is 16.2. The molecule has 0 aromatic heterocycles. The van der Waals surface area contributed by atoms with Crippen molar-refractivity contribution in [2.45, 2.75) is 39.5 Å². The van der Waals surface area contributed by atoms with Gasteiger partial charge in [-0.05, 0) is 38.6 Å². The molecule has 0 spiro atoms. The van der Waals surface area contributed by atoms with Gasteiger partial charge in [0.05, 0.1) is 11.3 Å². The molecule has 1 fully saturated rings. The maximum Gasteiger partial charge on any atom is 0.256 e. The van der Waals surface area contributed by atoms with Crippen molar-refractivity contribution >= 4 is 17.5 Å². The predicted octanol–water partition coefficient (Wildman–Crippen LogP) is 3.23. The minimum Gasteiger partial charge on any atom is -0.337 e. The second kappa shape index (κ2) is 9.56. The average Bonchev–Trinajstić information content (AvgIpc) is 2.84. The molecular formula is C20H31N3O2. The van der Waals surface area contributed by atoms with E-state index in [1.807, 2.05) is 36.1 Å². The van der Waals surface area contributed by atoms with Gasteiger partial charge in [-0.1, -0.05) is 38.8 Å². The van der Waals surface area contributed by atoms with Gasteiger partial charge in [0.25, 0.3) is 5.91 Å². The van der Waals surface area contributed by atoms with Crippen LogP contribution in [0, 0.1) is 5.92 Å². The number of likely N-dealkylation sites (N-methyl/N-ethyl adjacent to an activating group) is 1. The first-order valence-electron chi connectivity index (χ1n) is 9.40. The molecule has 2 rings (SSSR count). The third-order valence-electron chi connectivity index (χ3n) is 4.86. The van der Waals surface area contributed by atoms with Crippen molar-refractivity contribution in [2.24, 2.45) is 5.92 Å². The van der Waals surface area contributed by atoms with E-state index in [1.165, 1.54) is 0 Å². The lowest BCUT2D eigenvalue weighted by atomic mass is 10.0.